The first-order chi connectivity index (χ1) is 11.4. The Kier molecular flexibility index (Phi) is 5.95. The Morgan fingerprint density at radius 1 is 1.25 bits per heavy atom. The molecule has 6 nitrogen and oxygen atoms in total. The third-order valence-corrected chi connectivity index (χ3v) is 3.96. The minimum Gasteiger partial charge on any atom is -0.461 e. The highest BCUT2D eigenvalue weighted by Crippen LogP contribution is 2.30. The lowest BCUT2D eigenvalue weighted by molar-refractivity contribution is -0.145. The second kappa shape index (κ2) is 7.95. The van der Waals surface area contributed by atoms with Crippen LogP contribution in [-0.2, 0) is 28.6 Å². The summed E-state index contributed by atoms with van der Waals surface area (Å²) in [7, 11) is 0. The lowest BCUT2D eigenvalue weighted by atomic mass is 9.95. The van der Waals surface area contributed by atoms with Gasteiger partial charge in [0, 0.05) is 20.3 Å². The van der Waals surface area contributed by atoms with Gasteiger partial charge in [0.2, 0.25) is 0 Å². The molecule has 0 aromatic carbocycles. The number of rotatable bonds is 3. The highest BCUT2D eigenvalue weighted by atomic mass is 16.6. The molecule has 130 valence electrons. The number of ether oxygens (including phenoxy) is 3. The molecule has 0 radical (unpaired) electrons. The van der Waals surface area contributed by atoms with Gasteiger partial charge < -0.3 is 14.2 Å². The fourth-order valence-electron chi connectivity index (χ4n) is 2.76. The second-order valence-corrected chi connectivity index (χ2v) is 5.86. The summed E-state index contributed by atoms with van der Waals surface area (Å²) in [5.41, 5.74) is 2.03. The monoisotopic (exact) mass is 334 g/mol. The van der Waals surface area contributed by atoms with E-state index >= 15 is 0 Å². The largest absolute Gasteiger partial charge is 0.461 e. The normalized spacial score (nSPS) is 24.0. The summed E-state index contributed by atoms with van der Waals surface area (Å²) in [6.07, 6.45) is 6.84. The van der Waals surface area contributed by atoms with Crippen LogP contribution in [0.4, 0.5) is 0 Å². The van der Waals surface area contributed by atoms with Crippen LogP contribution in [0.2, 0.25) is 0 Å². The van der Waals surface area contributed by atoms with Crippen molar-refractivity contribution >= 4 is 17.9 Å². The van der Waals surface area contributed by atoms with Gasteiger partial charge in [-0.1, -0.05) is 12.2 Å². The molecule has 0 saturated heterocycles. The van der Waals surface area contributed by atoms with Crippen LogP contribution in [0.15, 0.2) is 34.9 Å². The van der Waals surface area contributed by atoms with Crippen LogP contribution in [0.3, 0.4) is 0 Å². The van der Waals surface area contributed by atoms with Gasteiger partial charge in [-0.3, -0.25) is 9.59 Å². The first-order valence-electron chi connectivity index (χ1n) is 7.95. The zero-order valence-corrected chi connectivity index (χ0v) is 14.2. The van der Waals surface area contributed by atoms with Gasteiger partial charge in [-0.2, -0.15) is 0 Å². The zero-order valence-electron chi connectivity index (χ0n) is 14.2. The summed E-state index contributed by atoms with van der Waals surface area (Å²) in [6.45, 7) is 4.43. The summed E-state index contributed by atoms with van der Waals surface area (Å²) >= 11 is 0. The molecule has 0 bridgehead atoms. The summed E-state index contributed by atoms with van der Waals surface area (Å²) < 4.78 is 15.7. The van der Waals surface area contributed by atoms with E-state index in [4.69, 9.17) is 14.2 Å². The standard InChI is InChI=1S/C18H22O6/c1-11-9-17-14(15(18(21)24-17)10-22-12(2)19)7-5-4-6-8-16(11)23-13(3)20/h4,6,9,16-17H,5,7-8,10H2,1-3H3. The van der Waals surface area contributed by atoms with E-state index in [2.05, 4.69) is 0 Å². The predicted molar refractivity (Wildman–Crippen MR) is 85.8 cm³/mol. The Labute approximate surface area is 141 Å². The van der Waals surface area contributed by atoms with Gasteiger partial charge in [-0.25, -0.2) is 4.79 Å². The van der Waals surface area contributed by atoms with Crippen molar-refractivity contribution in [1.29, 1.82) is 0 Å². The van der Waals surface area contributed by atoms with Crippen molar-refractivity contribution < 1.29 is 28.6 Å². The fraction of sp³-hybridized carbons (Fsp3) is 0.500. The molecule has 2 aliphatic rings. The van der Waals surface area contributed by atoms with Gasteiger partial charge in [0.15, 0.2) is 0 Å². The van der Waals surface area contributed by atoms with E-state index < -0.39 is 18.0 Å². The average Bonchev–Trinajstić information content (AvgIpc) is 2.78. The van der Waals surface area contributed by atoms with Crippen LogP contribution in [0, 0.1) is 0 Å². The topological polar surface area (TPSA) is 78.9 Å². The lowest BCUT2D eigenvalue weighted by Gasteiger charge is -2.19. The van der Waals surface area contributed by atoms with Crippen molar-refractivity contribution in [2.24, 2.45) is 0 Å². The van der Waals surface area contributed by atoms with E-state index in [1.807, 2.05) is 19.1 Å². The average molecular weight is 334 g/mol. The van der Waals surface area contributed by atoms with Crippen LogP contribution in [-0.4, -0.2) is 36.7 Å². The minimum absolute atomic E-state index is 0.0794. The number of esters is 3. The Bertz CT molecular complexity index is 625. The van der Waals surface area contributed by atoms with Crippen molar-refractivity contribution in [3.8, 4) is 0 Å². The molecule has 24 heavy (non-hydrogen) atoms. The van der Waals surface area contributed by atoms with Gasteiger partial charge in [0.1, 0.15) is 18.8 Å². The van der Waals surface area contributed by atoms with Crippen LogP contribution in [0.1, 0.15) is 40.0 Å². The third-order valence-electron chi connectivity index (χ3n) is 3.96. The van der Waals surface area contributed by atoms with E-state index in [0.717, 1.165) is 17.6 Å². The minimum atomic E-state index is -0.507. The van der Waals surface area contributed by atoms with Gasteiger partial charge >= 0.3 is 17.9 Å². The summed E-state index contributed by atoms with van der Waals surface area (Å²) in [6, 6.07) is 0. The van der Waals surface area contributed by atoms with Gasteiger partial charge in [-0.05, 0) is 37.0 Å². The Balaban J connectivity index is 2.30. The van der Waals surface area contributed by atoms with Crippen molar-refractivity contribution in [3.05, 3.63) is 34.9 Å². The summed E-state index contributed by atoms with van der Waals surface area (Å²) in [5.74, 6) is -1.26. The Hall–Kier alpha value is -2.37. The van der Waals surface area contributed by atoms with E-state index in [0.29, 0.717) is 18.4 Å². The van der Waals surface area contributed by atoms with E-state index in [9.17, 15) is 14.4 Å². The van der Waals surface area contributed by atoms with Crippen LogP contribution < -0.4 is 0 Å². The molecule has 0 N–H and O–H groups in total. The SMILES string of the molecule is CC(=O)OCC1=C2CCC=CCC(OC(C)=O)C(C)=CC2OC1=O. The predicted octanol–water partition coefficient (Wildman–Crippen LogP) is 2.39. The molecule has 0 fully saturated rings. The number of carbonyl (C=O) groups excluding carboxylic acids is 3. The second-order valence-electron chi connectivity index (χ2n) is 5.86. The number of carbonyl (C=O) groups is 3. The molecule has 1 heterocycles. The van der Waals surface area contributed by atoms with Crippen molar-refractivity contribution in [2.45, 2.75) is 52.2 Å². The van der Waals surface area contributed by atoms with Gasteiger partial charge in [0.25, 0.3) is 0 Å². The third kappa shape index (κ3) is 4.57. The highest BCUT2D eigenvalue weighted by Gasteiger charge is 2.33. The van der Waals surface area contributed by atoms with Crippen LogP contribution >= 0.6 is 0 Å². The maximum atomic E-state index is 12.1. The van der Waals surface area contributed by atoms with E-state index in [1.54, 1.807) is 6.08 Å². The molecule has 0 amide bonds. The maximum absolute atomic E-state index is 12.1. The van der Waals surface area contributed by atoms with Crippen LogP contribution in [0.25, 0.3) is 0 Å². The molecular formula is C18H22O6. The molecule has 0 aromatic heterocycles. The van der Waals surface area contributed by atoms with Crippen molar-refractivity contribution in [1.82, 2.24) is 0 Å². The number of fused-ring (bicyclic) bond motifs is 1. The molecule has 0 aromatic rings. The van der Waals surface area contributed by atoms with Crippen molar-refractivity contribution in [3.63, 3.8) is 0 Å². The smallest absolute Gasteiger partial charge is 0.338 e. The molecule has 0 spiro atoms. The fourth-order valence-corrected chi connectivity index (χ4v) is 2.76. The highest BCUT2D eigenvalue weighted by molar-refractivity contribution is 5.93. The van der Waals surface area contributed by atoms with Gasteiger partial charge in [-0.15, -0.1) is 0 Å². The summed E-state index contributed by atoms with van der Waals surface area (Å²) in [5, 5.41) is 0. The van der Waals surface area contributed by atoms with E-state index in [1.165, 1.54) is 13.8 Å². The summed E-state index contributed by atoms with van der Waals surface area (Å²) in [4.78, 5) is 34.4. The number of hydrogen-bond donors (Lipinski definition) is 0. The first-order valence-corrected chi connectivity index (χ1v) is 7.95. The quantitative estimate of drug-likeness (QED) is 0.448. The number of allylic oxidation sites excluding steroid dienone is 1. The van der Waals surface area contributed by atoms with Gasteiger partial charge in [0.05, 0.1) is 5.57 Å². The molecule has 2 unspecified atom stereocenters. The molecule has 2 rings (SSSR count). The lowest BCUT2D eigenvalue weighted by Crippen LogP contribution is -2.20. The molecule has 1 aliphatic heterocycles. The maximum Gasteiger partial charge on any atom is 0.338 e. The molecule has 1 aliphatic carbocycles. The Morgan fingerprint density at radius 2 is 2.00 bits per heavy atom. The first kappa shape index (κ1) is 18.0. The van der Waals surface area contributed by atoms with E-state index in [-0.39, 0.29) is 18.7 Å². The molecule has 0 saturated carbocycles. The Morgan fingerprint density at radius 3 is 2.67 bits per heavy atom. The number of hydrogen-bond acceptors (Lipinski definition) is 6. The molecule has 2 atom stereocenters. The van der Waals surface area contributed by atoms with Crippen LogP contribution in [0.5, 0.6) is 0 Å². The van der Waals surface area contributed by atoms with Crippen molar-refractivity contribution in [2.75, 3.05) is 6.61 Å². The molecule has 6 heteroatoms. The zero-order chi connectivity index (χ0) is 17.7. The molecular weight excluding hydrogens is 312 g/mol.